The number of nitrogens with two attached hydrogens (primary N) is 1. The molecule has 1 saturated heterocycles. The number of rotatable bonds is 5. The van der Waals surface area contributed by atoms with Crippen LogP contribution in [0.4, 0.5) is 0 Å². The van der Waals surface area contributed by atoms with Gasteiger partial charge in [-0.3, -0.25) is 9.69 Å². The molecule has 1 rings (SSSR count). The van der Waals surface area contributed by atoms with Crippen LogP contribution in [0.15, 0.2) is 0 Å². The molecule has 1 aliphatic rings. The van der Waals surface area contributed by atoms with E-state index in [1.807, 2.05) is 4.90 Å². The standard InChI is InChI=1S/C14H29N3O/c1-11(2)10-16-5-7-17(8-6-16)14(18)9-13(15)12(3)4/h11-13H,5-10,15H2,1-4H3. The highest BCUT2D eigenvalue weighted by molar-refractivity contribution is 5.77. The maximum atomic E-state index is 12.1. The van der Waals surface area contributed by atoms with Crippen LogP contribution in [0.1, 0.15) is 34.1 Å². The predicted molar refractivity (Wildman–Crippen MR) is 75.3 cm³/mol. The van der Waals surface area contributed by atoms with E-state index in [1.165, 1.54) is 0 Å². The van der Waals surface area contributed by atoms with Crippen molar-refractivity contribution in [2.24, 2.45) is 17.6 Å². The maximum absolute atomic E-state index is 12.1. The van der Waals surface area contributed by atoms with Gasteiger partial charge in [0.2, 0.25) is 5.91 Å². The number of amides is 1. The summed E-state index contributed by atoms with van der Waals surface area (Å²) in [4.78, 5) is 16.5. The average molecular weight is 255 g/mol. The monoisotopic (exact) mass is 255 g/mol. The lowest BCUT2D eigenvalue weighted by Crippen LogP contribution is -2.50. The Bertz CT molecular complexity index is 258. The van der Waals surface area contributed by atoms with Crippen molar-refractivity contribution in [1.29, 1.82) is 0 Å². The van der Waals surface area contributed by atoms with Gasteiger partial charge in [0.05, 0.1) is 0 Å². The molecule has 2 N–H and O–H groups in total. The molecule has 0 aliphatic carbocycles. The molecule has 0 radical (unpaired) electrons. The number of carbonyl (C=O) groups is 1. The zero-order valence-electron chi connectivity index (χ0n) is 12.4. The first kappa shape index (κ1) is 15.4. The fourth-order valence-electron chi connectivity index (χ4n) is 2.26. The normalized spacial score (nSPS) is 19.6. The highest BCUT2D eigenvalue weighted by Gasteiger charge is 2.23. The molecule has 0 bridgehead atoms. The Hall–Kier alpha value is -0.610. The second-order valence-corrected chi connectivity index (χ2v) is 6.19. The van der Waals surface area contributed by atoms with Gasteiger partial charge < -0.3 is 10.6 Å². The summed E-state index contributed by atoms with van der Waals surface area (Å²) in [6.07, 6.45) is 0.488. The molecule has 4 nitrogen and oxygen atoms in total. The van der Waals surface area contributed by atoms with Gasteiger partial charge in [-0.25, -0.2) is 0 Å². The van der Waals surface area contributed by atoms with E-state index in [2.05, 4.69) is 32.6 Å². The van der Waals surface area contributed by atoms with Crippen LogP contribution in [-0.4, -0.2) is 54.5 Å². The Morgan fingerprint density at radius 2 is 1.67 bits per heavy atom. The SMILES string of the molecule is CC(C)CN1CCN(C(=O)CC(N)C(C)C)CC1. The van der Waals surface area contributed by atoms with Gasteiger partial charge in [-0.15, -0.1) is 0 Å². The van der Waals surface area contributed by atoms with Crippen LogP contribution in [0.25, 0.3) is 0 Å². The summed E-state index contributed by atoms with van der Waals surface area (Å²) in [5.74, 6) is 1.29. The smallest absolute Gasteiger partial charge is 0.224 e. The minimum Gasteiger partial charge on any atom is -0.340 e. The average Bonchev–Trinajstić information content (AvgIpc) is 2.28. The topological polar surface area (TPSA) is 49.6 Å². The molecule has 1 unspecified atom stereocenters. The molecule has 106 valence electrons. The number of nitrogens with zero attached hydrogens (tertiary/aromatic N) is 2. The van der Waals surface area contributed by atoms with Crippen molar-refractivity contribution >= 4 is 5.91 Å². The molecule has 0 aromatic rings. The fraction of sp³-hybridized carbons (Fsp3) is 0.929. The summed E-state index contributed by atoms with van der Waals surface area (Å²) >= 11 is 0. The van der Waals surface area contributed by atoms with Crippen molar-refractivity contribution in [2.45, 2.75) is 40.2 Å². The van der Waals surface area contributed by atoms with Gasteiger partial charge in [0.15, 0.2) is 0 Å². The van der Waals surface area contributed by atoms with Gasteiger partial charge in [-0.05, 0) is 11.8 Å². The van der Waals surface area contributed by atoms with E-state index in [0.29, 0.717) is 18.3 Å². The van der Waals surface area contributed by atoms with Crippen LogP contribution < -0.4 is 5.73 Å². The lowest BCUT2D eigenvalue weighted by atomic mass is 10.0. The van der Waals surface area contributed by atoms with Crippen molar-refractivity contribution < 1.29 is 4.79 Å². The van der Waals surface area contributed by atoms with Gasteiger partial charge in [-0.1, -0.05) is 27.7 Å². The van der Waals surface area contributed by atoms with Gasteiger partial charge in [0.1, 0.15) is 0 Å². The van der Waals surface area contributed by atoms with Crippen molar-refractivity contribution in [3.8, 4) is 0 Å². The van der Waals surface area contributed by atoms with Gasteiger partial charge in [0, 0.05) is 45.2 Å². The summed E-state index contributed by atoms with van der Waals surface area (Å²) in [6.45, 7) is 13.5. The van der Waals surface area contributed by atoms with Crippen LogP contribution >= 0.6 is 0 Å². The summed E-state index contributed by atoms with van der Waals surface area (Å²) in [5.41, 5.74) is 5.96. The number of hydrogen-bond donors (Lipinski definition) is 1. The summed E-state index contributed by atoms with van der Waals surface area (Å²) in [7, 11) is 0. The third kappa shape index (κ3) is 4.94. The minimum atomic E-state index is -0.00815. The van der Waals surface area contributed by atoms with Gasteiger partial charge >= 0.3 is 0 Å². The second-order valence-electron chi connectivity index (χ2n) is 6.19. The molecule has 1 heterocycles. The highest BCUT2D eigenvalue weighted by Crippen LogP contribution is 2.09. The number of hydrogen-bond acceptors (Lipinski definition) is 3. The van der Waals surface area contributed by atoms with Crippen LogP contribution in [0.5, 0.6) is 0 Å². The minimum absolute atomic E-state index is 0.00815. The molecule has 1 atom stereocenters. The van der Waals surface area contributed by atoms with Crippen LogP contribution in [0.3, 0.4) is 0 Å². The van der Waals surface area contributed by atoms with E-state index in [4.69, 9.17) is 5.73 Å². The molecule has 18 heavy (non-hydrogen) atoms. The maximum Gasteiger partial charge on any atom is 0.224 e. The Kier molecular flexibility index (Phi) is 6.09. The van der Waals surface area contributed by atoms with Crippen LogP contribution in [0.2, 0.25) is 0 Å². The molecule has 0 aromatic carbocycles. The molecular formula is C14H29N3O. The summed E-state index contributed by atoms with van der Waals surface area (Å²) in [6, 6.07) is -0.00815. The van der Waals surface area contributed by atoms with E-state index in [0.717, 1.165) is 32.7 Å². The van der Waals surface area contributed by atoms with Gasteiger partial charge in [0.25, 0.3) is 0 Å². The van der Waals surface area contributed by atoms with Gasteiger partial charge in [-0.2, -0.15) is 0 Å². The second kappa shape index (κ2) is 7.10. The summed E-state index contributed by atoms with van der Waals surface area (Å²) in [5, 5.41) is 0. The highest BCUT2D eigenvalue weighted by atomic mass is 16.2. The molecule has 1 fully saturated rings. The molecule has 1 aliphatic heterocycles. The Morgan fingerprint density at radius 1 is 1.11 bits per heavy atom. The zero-order valence-corrected chi connectivity index (χ0v) is 12.4. The van der Waals surface area contributed by atoms with Crippen molar-refractivity contribution in [3.63, 3.8) is 0 Å². The first-order chi connectivity index (χ1) is 8.40. The molecule has 0 aromatic heterocycles. The number of carbonyl (C=O) groups excluding carboxylic acids is 1. The third-order valence-corrected chi connectivity index (χ3v) is 3.61. The quantitative estimate of drug-likeness (QED) is 0.802. The van der Waals surface area contributed by atoms with E-state index < -0.39 is 0 Å². The largest absolute Gasteiger partial charge is 0.340 e. The first-order valence-corrected chi connectivity index (χ1v) is 7.15. The summed E-state index contributed by atoms with van der Waals surface area (Å²) < 4.78 is 0. The van der Waals surface area contributed by atoms with E-state index in [1.54, 1.807) is 0 Å². The number of piperazine rings is 1. The van der Waals surface area contributed by atoms with E-state index >= 15 is 0 Å². The predicted octanol–water partition coefficient (Wildman–Crippen LogP) is 1.16. The Morgan fingerprint density at radius 3 is 2.11 bits per heavy atom. The first-order valence-electron chi connectivity index (χ1n) is 7.15. The lowest BCUT2D eigenvalue weighted by Gasteiger charge is -2.36. The van der Waals surface area contributed by atoms with Crippen molar-refractivity contribution in [3.05, 3.63) is 0 Å². The molecule has 1 amide bonds. The molecule has 4 heteroatoms. The van der Waals surface area contributed by atoms with Crippen molar-refractivity contribution in [2.75, 3.05) is 32.7 Å². The van der Waals surface area contributed by atoms with Crippen LogP contribution in [-0.2, 0) is 4.79 Å². The fourth-order valence-corrected chi connectivity index (χ4v) is 2.26. The van der Waals surface area contributed by atoms with E-state index in [-0.39, 0.29) is 11.9 Å². The van der Waals surface area contributed by atoms with Crippen molar-refractivity contribution in [1.82, 2.24) is 9.80 Å². The molecule has 0 saturated carbocycles. The zero-order chi connectivity index (χ0) is 13.7. The Labute approximate surface area is 111 Å². The lowest BCUT2D eigenvalue weighted by molar-refractivity contribution is -0.133. The Balaban J connectivity index is 2.31. The van der Waals surface area contributed by atoms with Crippen LogP contribution in [0, 0.1) is 11.8 Å². The molecular weight excluding hydrogens is 226 g/mol. The third-order valence-electron chi connectivity index (χ3n) is 3.61. The molecule has 0 spiro atoms. The van der Waals surface area contributed by atoms with E-state index in [9.17, 15) is 4.79 Å².